The summed E-state index contributed by atoms with van der Waals surface area (Å²) in [5, 5.41) is 1.06. The van der Waals surface area contributed by atoms with Crippen LogP contribution in [0.4, 0.5) is 0 Å². The third kappa shape index (κ3) is 1.42. The lowest BCUT2D eigenvalue weighted by atomic mass is 10.1. The van der Waals surface area contributed by atoms with E-state index in [4.69, 9.17) is 0 Å². The van der Waals surface area contributed by atoms with E-state index in [2.05, 4.69) is 11.9 Å². The van der Waals surface area contributed by atoms with Gasteiger partial charge in [0.15, 0.2) is 0 Å². The summed E-state index contributed by atoms with van der Waals surface area (Å²) in [6.45, 7) is 2.20. The largest absolute Gasteiger partial charge is 0.272 e. The minimum absolute atomic E-state index is 0.0451. The van der Waals surface area contributed by atoms with Gasteiger partial charge in [0.2, 0.25) is 0 Å². The first-order chi connectivity index (χ1) is 5.71. The molecule has 0 aromatic carbocycles. The van der Waals surface area contributed by atoms with Crippen molar-refractivity contribution < 1.29 is 4.79 Å². The topological polar surface area (TPSA) is 29.4 Å². The van der Waals surface area contributed by atoms with E-state index >= 15 is 0 Å². The van der Waals surface area contributed by atoms with Gasteiger partial charge in [-0.05, 0) is 25.5 Å². The van der Waals surface area contributed by atoms with Crippen LogP contribution in [0, 0.1) is 0 Å². The average Bonchev–Trinajstić information content (AvgIpc) is 2.59. The number of aliphatic imine (C=N–C) groups is 1. The van der Waals surface area contributed by atoms with Crippen molar-refractivity contribution in [2.75, 3.05) is 11.5 Å². The maximum atomic E-state index is 10.9. The molecule has 12 heavy (non-hydrogen) atoms. The molecule has 2 rings (SSSR count). The first kappa shape index (κ1) is 8.63. The molecule has 0 saturated carbocycles. The van der Waals surface area contributed by atoms with Crippen molar-refractivity contribution in [1.29, 1.82) is 0 Å². The normalized spacial score (nSPS) is 35.8. The second kappa shape index (κ2) is 3.07. The molecule has 66 valence electrons. The van der Waals surface area contributed by atoms with Gasteiger partial charge < -0.3 is 0 Å². The van der Waals surface area contributed by atoms with Crippen LogP contribution < -0.4 is 0 Å². The molecule has 0 N–H and O–H groups in total. The second-order valence-corrected chi connectivity index (χ2v) is 5.84. The summed E-state index contributed by atoms with van der Waals surface area (Å²) in [4.78, 5) is 15.0. The van der Waals surface area contributed by atoms with E-state index in [1.165, 1.54) is 18.6 Å². The number of amides is 1. The molecule has 1 unspecified atom stereocenters. The molecule has 2 aliphatic heterocycles. The Morgan fingerprint density at radius 1 is 1.58 bits per heavy atom. The van der Waals surface area contributed by atoms with Crippen LogP contribution in [0.2, 0.25) is 0 Å². The van der Waals surface area contributed by atoms with Crippen molar-refractivity contribution in [3.8, 4) is 0 Å². The minimum atomic E-state index is 0.0451. The second-order valence-electron chi connectivity index (χ2n) is 3.28. The monoisotopic (exact) mass is 201 g/mol. The van der Waals surface area contributed by atoms with Crippen molar-refractivity contribution in [3.63, 3.8) is 0 Å². The van der Waals surface area contributed by atoms with E-state index in [9.17, 15) is 4.79 Å². The Morgan fingerprint density at radius 3 is 2.92 bits per heavy atom. The molecule has 2 nitrogen and oxygen atoms in total. The van der Waals surface area contributed by atoms with Crippen LogP contribution in [-0.2, 0) is 4.79 Å². The van der Waals surface area contributed by atoms with Crippen molar-refractivity contribution in [2.45, 2.75) is 24.5 Å². The molecule has 2 aliphatic rings. The molecule has 1 atom stereocenters. The molecule has 0 bridgehead atoms. The van der Waals surface area contributed by atoms with Crippen LogP contribution in [0.3, 0.4) is 0 Å². The number of rotatable bonds is 1. The lowest BCUT2D eigenvalue weighted by molar-refractivity contribution is -0.115. The van der Waals surface area contributed by atoms with Gasteiger partial charge in [0.25, 0.3) is 5.91 Å². The van der Waals surface area contributed by atoms with Gasteiger partial charge in [0.05, 0.1) is 15.5 Å². The molecule has 0 aromatic rings. The zero-order chi connectivity index (χ0) is 8.60. The predicted octanol–water partition coefficient (Wildman–Crippen LogP) is 1.94. The molecule has 0 spiro atoms. The number of thioether (sulfide) groups is 2. The van der Waals surface area contributed by atoms with Crippen LogP contribution in [0.15, 0.2) is 4.99 Å². The quantitative estimate of drug-likeness (QED) is 0.649. The van der Waals surface area contributed by atoms with Crippen molar-refractivity contribution in [2.24, 2.45) is 4.99 Å². The van der Waals surface area contributed by atoms with E-state index in [0.717, 1.165) is 5.04 Å². The summed E-state index contributed by atoms with van der Waals surface area (Å²) in [5.74, 6) is 1.82. The lowest BCUT2D eigenvalue weighted by Crippen LogP contribution is -2.24. The Kier molecular flexibility index (Phi) is 2.21. The molecule has 4 heteroatoms. The fourth-order valence-electron chi connectivity index (χ4n) is 1.53. The average molecular weight is 201 g/mol. The predicted molar refractivity (Wildman–Crippen MR) is 55.0 cm³/mol. The first-order valence-corrected chi connectivity index (χ1v) is 6.07. The van der Waals surface area contributed by atoms with Crippen molar-refractivity contribution >= 4 is 34.5 Å². The maximum absolute atomic E-state index is 10.9. The number of carbonyl (C=O) groups is 1. The highest BCUT2D eigenvalue weighted by Gasteiger charge is 2.37. The Bertz CT molecular complexity index is 243. The molecular formula is C8H11NOS2. The fourth-order valence-corrected chi connectivity index (χ4v) is 3.98. The van der Waals surface area contributed by atoms with Gasteiger partial charge in [-0.3, -0.25) is 4.79 Å². The molecule has 1 saturated heterocycles. The lowest BCUT2D eigenvalue weighted by Gasteiger charge is -2.20. The van der Waals surface area contributed by atoms with Gasteiger partial charge in [0, 0.05) is 0 Å². The highest BCUT2D eigenvalue weighted by molar-refractivity contribution is 8.17. The summed E-state index contributed by atoms with van der Waals surface area (Å²) in [6, 6.07) is 0. The van der Waals surface area contributed by atoms with E-state index in [-0.39, 0.29) is 10.7 Å². The van der Waals surface area contributed by atoms with Crippen LogP contribution in [0.1, 0.15) is 19.8 Å². The highest BCUT2D eigenvalue weighted by Crippen LogP contribution is 2.43. The van der Waals surface area contributed by atoms with Crippen LogP contribution in [0.25, 0.3) is 0 Å². The zero-order valence-electron chi connectivity index (χ0n) is 7.00. The van der Waals surface area contributed by atoms with Crippen LogP contribution >= 0.6 is 23.5 Å². The highest BCUT2D eigenvalue weighted by atomic mass is 32.2. The summed E-state index contributed by atoms with van der Waals surface area (Å²) in [5.41, 5.74) is 0. The number of hydrogen-bond donors (Lipinski definition) is 0. The first-order valence-electron chi connectivity index (χ1n) is 4.09. The summed E-state index contributed by atoms with van der Waals surface area (Å²) in [7, 11) is 0. The third-order valence-electron chi connectivity index (χ3n) is 2.23. The molecule has 0 aliphatic carbocycles. The van der Waals surface area contributed by atoms with Crippen LogP contribution in [0.5, 0.6) is 0 Å². The van der Waals surface area contributed by atoms with Gasteiger partial charge in [-0.15, -0.1) is 11.8 Å². The van der Waals surface area contributed by atoms with E-state index in [1.807, 2.05) is 11.8 Å². The maximum Gasteiger partial charge on any atom is 0.256 e. The zero-order valence-corrected chi connectivity index (χ0v) is 8.63. The SMILES string of the molecule is CC1(C2=NC(=O)CS2)CCCS1. The Labute approximate surface area is 80.6 Å². The van der Waals surface area contributed by atoms with Gasteiger partial charge >= 0.3 is 0 Å². The Morgan fingerprint density at radius 2 is 2.42 bits per heavy atom. The van der Waals surface area contributed by atoms with E-state index in [0.29, 0.717) is 5.75 Å². The summed E-state index contributed by atoms with van der Waals surface area (Å²) >= 11 is 3.57. The third-order valence-corrected chi connectivity index (χ3v) is 5.09. The molecule has 2 heterocycles. The van der Waals surface area contributed by atoms with Gasteiger partial charge in [0.1, 0.15) is 0 Å². The van der Waals surface area contributed by atoms with Gasteiger partial charge in [-0.1, -0.05) is 11.8 Å². The number of nitrogens with zero attached hydrogens (tertiary/aromatic N) is 1. The molecule has 0 aromatic heterocycles. The van der Waals surface area contributed by atoms with Gasteiger partial charge in [-0.2, -0.15) is 0 Å². The summed E-state index contributed by atoms with van der Waals surface area (Å²) < 4.78 is 0.164. The fraction of sp³-hybridized carbons (Fsp3) is 0.750. The standard InChI is InChI=1S/C8H11NOS2/c1-8(3-2-4-12-8)7-9-6(10)5-11-7/h2-5H2,1H3. The molecule has 1 amide bonds. The van der Waals surface area contributed by atoms with E-state index < -0.39 is 0 Å². The Balaban J connectivity index is 2.18. The Hall–Kier alpha value is 0.0400. The minimum Gasteiger partial charge on any atom is -0.272 e. The molecule has 0 radical (unpaired) electrons. The molecular weight excluding hydrogens is 190 g/mol. The van der Waals surface area contributed by atoms with Crippen molar-refractivity contribution in [3.05, 3.63) is 0 Å². The number of hydrogen-bond acceptors (Lipinski definition) is 3. The van der Waals surface area contributed by atoms with E-state index in [1.54, 1.807) is 11.8 Å². The van der Waals surface area contributed by atoms with Crippen molar-refractivity contribution in [1.82, 2.24) is 0 Å². The number of carbonyl (C=O) groups excluding carboxylic acids is 1. The van der Waals surface area contributed by atoms with Gasteiger partial charge in [-0.25, -0.2) is 4.99 Å². The smallest absolute Gasteiger partial charge is 0.256 e. The molecule has 1 fully saturated rings. The summed E-state index contributed by atoms with van der Waals surface area (Å²) in [6.07, 6.45) is 2.44. The van der Waals surface area contributed by atoms with Crippen LogP contribution in [-0.4, -0.2) is 27.2 Å².